The van der Waals surface area contributed by atoms with E-state index in [1.807, 2.05) is 0 Å². The zero-order valence-electron chi connectivity index (χ0n) is 5.82. The SMILES string of the molecule is O=C([O-])NCCC(F)(F)C(F)F. The highest BCUT2D eigenvalue weighted by molar-refractivity contribution is 5.61. The summed E-state index contributed by atoms with van der Waals surface area (Å²) in [6, 6.07) is 0. The molecule has 0 bridgehead atoms. The molecule has 0 fully saturated rings. The van der Waals surface area contributed by atoms with Crippen molar-refractivity contribution in [3.63, 3.8) is 0 Å². The van der Waals surface area contributed by atoms with Crippen LogP contribution in [-0.2, 0) is 0 Å². The number of rotatable bonds is 4. The standard InChI is InChI=1S/C5H7F4NO2/c6-3(7)5(8,9)1-2-10-4(11)12/h3,10H,1-2H2,(H,11,12)/p-1. The third-order valence-electron chi connectivity index (χ3n) is 1.05. The van der Waals surface area contributed by atoms with Crippen LogP contribution >= 0.6 is 0 Å². The second-order valence-electron chi connectivity index (χ2n) is 2.03. The molecule has 12 heavy (non-hydrogen) atoms. The molecule has 0 aromatic rings. The Morgan fingerprint density at radius 2 is 2.00 bits per heavy atom. The molecule has 0 heterocycles. The van der Waals surface area contributed by atoms with Crippen LogP contribution in [0.25, 0.3) is 0 Å². The topological polar surface area (TPSA) is 52.2 Å². The van der Waals surface area contributed by atoms with Gasteiger partial charge in [0.15, 0.2) is 0 Å². The molecule has 7 heteroatoms. The smallest absolute Gasteiger partial charge is 0.309 e. The largest absolute Gasteiger partial charge is 0.530 e. The van der Waals surface area contributed by atoms with Gasteiger partial charge >= 0.3 is 12.3 Å². The molecular weight excluding hydrogens is 182 g/mol. The van der Waals surface area contributed by atoms with Crippen molar-refractivity contribution < 1.29 is 27.5 Å². The van der Waals surface area contributed by atoms with Crippen LogP contribution in [0.3, 0.4) is 0 Å². The zero-order chi connectivity index (χ0) is 9.78. The highest BCUT2D eigenvalue weighted by Crippen LogP contribution is 2.25. The summed E-state index contributed by atoms with van der Waals surface area (Å²) in [5.41, 5.74) is 0. The summed E-state index contributed by atoms with van der Waals surface area (Å²) in [6.45, 7) is -0.750. The van der Waals surface area contributed by atoms with Crippen LogP contribution in [0.15, 0.2) is 0 Å². The third-order valence-corrected chi connectivity index (χ3v) is 1.05. The Morgan fingerprint density at radius 1 is 1.50 bits per heavy atom. The van der Waals surface area contributed by atoms with E-state index >= 15 is 0 Å². The van der Waals surface area contributed by atoms with E-state index in [1.165, 1.54) is 5.32 Å². The Bertz CT molecular complexity index is 162. The number of carbonyl (C=O) groups is 1. The number of nitrogens with one attached hydrogen (secondary N) is 1. The van der Waals surface area contributed by atoms with Crippen LogP contribution in [0.1, 0.15) is 6.42 Å². The molecule has 0 aliphatic rings. The van der Waals surface area contributed by atoms with Crippen LogP contribution in [-0.4, -0.2) is 25.0 Å². The van der Waals surface area contributed by atoms with Crippen molar-refractivity contribution in [3.05, 3.63) is 0 Å². The highest BCUT2D eigenvalue weighted by Gasteiger charge is 2.39. The Hall–Kier alpha value is -1.01. The fourth-order valence-corrected chi connectivity index (χ4v) is 0.440. The molecule has 72 valence electrons. The van der Waals surface area contributed by atoms with E-state index in [9.17, 15) is 27.5 Å². The molecule has 0 rings (SSSR count). The summed E-state index contributed by atoms with van der Waals surface area (Å²) in [7, 11) is 0. The minimum Gasteiger partial charge on any atom is -0.530 e. The number of carbonyl (C=O) groups excluding carboxylic acids is 1. The van der Waals surface area contributed by atoms with E-state index in [0.29, 0.717) is 0 Å². The molecule has 3 nitrogen and oxygen atoms in total. The van der Waals surface area contributed by atoms with Gasteiger partial charge in [-0.15, -0.1) is 0 Å². The molecule has 0 aliphatic carbocycles. The molecule has 0 unspecified atom stereocenters. The molecular formula is C5H6F4NO2-. The van der Waals surface area contributed by atoms with E-state index in [1.54, 1.807) is 0 Å². The van der Waals surface area contributed by atoms with E-state index in [-0.39, 0.29) is 0 Å². The minimum atomic E-state index is -4.15. The number of hydrogen-bond acceptors (Lipinski definition) is 2. The molecule has 1 amide bonds. The fourth-order valence-electron chi connectivity index (χ4n) is 0.440. The van der Waals surface area contributed by atoms with Gasteiger partial charge in [0.25, 0.3) is 0 Å². The lowest BCUT2D eigenvalue weighted by Gasteiger charge is -2.15. The highest BCUT2D eigenvalue weighted by atomic mass is 19.3. The molecule has 0 saturated heterocycles. The van der Waals surface area contributed by atoms with Gasteiger partial charge in [-0.05, 0) is 0 Å². The molecule has 0 aliphatic heterocycles. The van der Waals surface area contributed by atoms with E-state index in [0.717, 1.165) is 0 Å². The zero-order valence-corrected chi connectivity index (χ0v) is 5.82. The van der Waals surface area contributed by atoms with Gasteiger partial charge in [0.1, 0.15) is 6.09 Å². The van der Waals surface area contributed by atoms with Gasteiger partial charge in [-0.25, -0.2) is 17.6 Å². The maximum absolute atomic E-state index is 12.0. The molecule has 0 saturated carbocycles. The van der Waals surface area contributed by atoms with Crippen LogP contribution in [0.4, 0.5) is 22.4 Å². The van der Waals surface area contributed by atoms with Crippen molar-refractivity contribution in [2.45, 2.75) is 18.8 Å². The molecule has 0 aromatic carbocycles. The number of alkyl halides is 4. The molecule has 0 radical (unpaired) electrons. The van der Waals surface area contributed by atoms with Gasteiger partial charge in [-0.3, -0.25) is 0 Å². The number of halogens is 4. The molecule has 1 N–H and O–H groups in total. The number of amides is 1. The first kappa shape index (κ1) is 11.0. The fraction of sp³-hybridized carbons (Fsp3) is 0.800. The minimum absolute atomic E-state index is 0.750. The molecule has 0 spiro atoms. The summed E-state index contributed by atoms with van der Waals surface area (Å²) in [5, 5.41) is 11.0. The van der Waals surface area contributed by atoms with Crippen molar-refractivity contribution in [2.24, 2.45) is 0 Å². The summed E-state index contributed by atoms with van der Waals surface area (Å²) >= 11 is 0. The Balaban J connectivity index is 3.69. The van der Waals surface area contributed by atoms with Crippen molar-refractivity contribution in [2.75, 3.05) is 6.54 Å². The van der Waals surface area contributed by atoms with Gasteiger partial charge in [0.05, 0.1) is 0 Å². The average Bonchev–Trinajstić information content (AvgIpc) is 1.85. The molecule has 0 atom stereocenters. The number of hydrogen-bond donors (Lipinski definition) is 1. The van der Waals surface area contributed by atoms with Gasteiger partial charge in [-0.2, -0.15) is 0 Å². The summed E-state index contributed by atoms with van der Waals surface area (Å²) in [6.07, 6.45) is -6.78. The van der Waals surface area contributed by atoms with Crippen LogP contribution in [0.2, 0.25) is 0 Å². The normalized spacial score (nSPS) is 11.8. The second kappa shape index (κ2) is 4.13. The quantitative estimate of drug-likeness (QED) is 0.641. The first-order valence-corrected chi connectivity index (χ1v) is 2.97. The van der Waals surface area contributed by atoms with Gasteiger partial charge in [-0.1, -0.05) is 0 Å². The van der Waals surface area contributed by atoms with Gasteiger partial charge in [0, 0.05) is 13.0 Å². The lowest BCUT2D eigenvalue weighted by Crippen LogP contribution is -2.40. The van der Waals surface area contributed by atoms with Gasteiger partial charge in [0.2, 0.25) is 0 Å². The Morgan fingerprint density at radius 3 is 2.33 bits per heavy atom. The van der Waals surface area contributed by atoms with Gasteiger partial charge < -0.3 is 15.2 Å². The predicted octanol–water partition coefficient (Wildman–Crippen LogP) is 0.210. The second-order valence-corrected chi connectivity index (χ2v) is 2.03. The maximum Gasteiger partial charge on any atom is 0.309 e. The van der Waals surface area contributed by atoms with Crippen molar-refractivity contribution in [3.8, 4) is 0 Å². The van der Waals surface area contributed by atoms with Crippen molar-refractivity contribution in [1.29, 1.82) is 0 Å². The lowest BCUT2D eigenvalue weighted by atomic mass is 10.2. The van der Waals surface area contributed by atoms with Crippen molar-refractivity contribution >= 4 is 6.09 Å². The number of carboxylic acid groups (broad SMARTS) is 1. The third kappa shape index (κ3) is 3.99. The van der Waals surface area contributed by atoms with E-state index in [4.69, 9.17) is 0 Å². The monoisotopic (exact) mass is 188 g/mol. The average molecular weight is 188 g/mol. The van der Waals surface area contributed by atoms with Crippen molar-refractivity contribution in [1.82, 2.24) is 5.32 Å². The van der Waals surface area contributed by atoms with Crippen LogP contribution < -0.4 is 10.4 Å². The van der Waals surface area contributed by atoms with Crippen LogP contribution in [0, 0.1) is 0 Å². The summed E-state index contributed by atoms with van der Waals surface area (Å²) in [5.74, 6) is -4.15. The summed E-state index contributed by atoms with van der Waals surface area (Å²) in [4.78, 5) is 9.60. The lowest BCUT2D eigenvalue weighted by molar-refractivity contribution is -0.251. The first-order chi connectivity index (χ1) is 5.36. The maximum atomic E-state index is 12.0. The summed E-state index contributed by atoms with van der Waals surface area (Å²) < 4.78 is 46.8. The Labute approximate surface area is 65.4 Å². The molecule has 0 aromatic heterocycles. The predicted molar refractivity (Wildman–Crippen MR) is 29.0 cm³/mol. The van der Waals surface area contributed by atoms with E-state index < -0.39 is 31.4 Å². The van der Waals surface area contributed by atoms with Crippen LogP contribution in [0.5, 0.6) is 0 Å². The first-order valence-electron chi connectivity index (χ1n) is 2.97. The van der Waals surface area contributed by atoms with E-state index in [2.05, 4.69) is 0 Å². The Kier molecular flexibility index (Phi) is 3.78.